The van der Waals surface area contributed by atoms with Gasteiger partial charge in [-0.1, -0.05) is 0 Å². The molecule has 0 aromatic carbocycles. The zero-order valence-corrected chi connectivity index (χ0v) is 44.6. The first-order valence-corrected chi connectivity index (χ1v) is 6.70. The number of aliphatic hydroxyl groups excluding tert-OH is 2. The largest absolute Gasteiger partial charge is 2.00 e. The molecule has 2 rings (SSSR count). The first-order valence-electron chi connectivity index (χ1n) is 6.70. The molecule has 0 bridgehead atoms. The van der Waals surface area contributed by atoms with Gasteiger partial charge < -0.3 is 164 Å². The van der Waals surface area contributed by atoms with E-state index in [0.717, 1.165) is 0 Å². The van der Waals surface area contributed by atoms with Crippen molar-refractivity contribution in [2.24, 2.45) is 0 Å². The number of nitrogens with one attached hydrogen (secondary N) is 4. The summed E-state index contributed by atoms with van der Waals surface area (Å²) in [6, 6.07) is 4.11. The van der Waals surface area contributed by atoms with Gasteiger partial charge in [0.1, 0.15) is 0 Å². The molecule has 0 fully saturated rings. The molecular formula is C14H36Mo8N4O30-48. The third-order valence-corrected chi connectivity index (χ3v) is 1.78. The summed E-state index contributed by atoms with van der Waals surface area (Å²) in [5.74, 6) is 0. The van der Waals surface area contributed by atoms with Gasteiger partial charge in [-0.2, -0.15) is 10.2 Å². The van der Waals surface area contributed by atoms with E-state index in [1.165, 1.54) is 22.8 Å². The smallest absolute Gasteiger partial charge is 0.202 e. The maximum atomic E-state index is 7.57. The summed E-state index contributed by atoms with van der Waals surface area (Å²) >= 11 is 0. The fraction of sp³-hybridized carbons (Fsp3) is 0.571. The monoisotopic (exact) mass is 1520 g/mol. The Labute approximate surface area is 437 Å². The van der Waals surface area contributed by atoms with Gasteiger partial charge >= 0.3 is 0 Å². The van der Waals surface area contributed by atoms with Crippen molar-refractivity contribution in [1.82, 2.24) is 10.2 Å². The number of aliphatic hydroxyl groups is 2. The van der Waals surface area contributed by atoms with Crippen LogP contribution < -0.4 is 10.2 Å². The van der Waals surface area contributed by atoms with Crippen LogP contribution >= 0.6 is 0 Å². The molecule has 0 amide bonds. The number of aromatic amines is 4. The normalized spacial score (nSPS) is 3.00. The van der Waals surface area contributed by atoms with Crippen LogP contribution in [-0.4, -0.2) is 33.6 Å². The van der Waals surface area contributed by atoms with Gasteiger partial charge in [0.15, 0.2) is 0 Å². The molecule has 388 valence electrons. The maximum absolute atomic E-state index is 7.57. The van der Waals surface area contributed by atoms with E-state index in [1.807, 2.05) is 27.7 Å². The molecule has 56 heavy (non-hydrogen) atoms. The molecule has 2 aromatic rings. The number of H-pyrrole nitrogens is 4. The quantitative estimate of drug-likeness (QED) is 0.151. The Balaban J connectivity index is -0.00000000181. The van der Waals surface area contributed by atoms with Crippen molar-refractivity contribution in [2.75, 3.05) is 13.2 Å². The molecule has 0 unspecified atom stereocenters. The minimum atomic E-state index is 0. The zero-order valence-electron chi connectivity index (χ0n) is 28.5. The molecule has 2 aromatic heterocycles. The van der Waals surface area contributed by atoms with Gasteiger partial charge in [0.2, 0.25) is 11.4 Å². The van der Waals surface area contributed by atoms with E-state index in [2.05, 4.69) is 32.5 Å². The van der Waals surface area contributed by atoms with Crippen LogP contribution in [0, 0.1) is 27.7 Å². The summed E-state index contributed by atoms with van der Waals surface area (Å²) in [7, 11) is 0. The average Bonchev–Trinajstić information content (AvgIpc) is 2.90. The second kappa shape index (κ2) is 360. The molecule has 0 radical (unpaired) electrons. The van der Waals surface area contributed by atoms with Crippen molar-refractivity contribution in [3.63, 3.8) is 0 Å². The van der Waals surface area contributed by atoms with Crippen LogP contribution in [0.1, 0.15) is 36.6 Å². The standard InChI is InChI=1S/2C5H8N2.2C2H6O.8Mo.2H2O.26O/c2*1-4-3-5(2)7-6-4;2*1-2-3;;;;;;;;;;;;;;;;;;;;;;;;;;;;;;;;;;;;/h2*3H,1-2H3,(H,6,7);2*3H,2H2,1H3;;;;;;;;;2*1H2;;;;;;;;;;;;;;;;;;;;;;;;;;/q;;;;;;;;;;;;;;26*-2/p+4. The van der Waals surface area contributed by atoms with Gasteiger partial charge in [-0.15, -0.1) is 10.2 Å². The summed E-state index contributed by atoms with van der Waals surface area (Å²) < 4.78 is 0. The SMILES string of the molecule is CCO.CCO.Cc1cc(C)[nH+][nH]1.Cc1cc(C)[nH+][nH]1.[Mo].[Mo].[Mo].[Mo].[Mo].[Mo].[Mo].[Mo].[O-2].[O-2].[O-2].[O-2].[O-2].[O-2].[O-2].[O-2].[O-2].[O-2].[O-2].[O-2].[O-2].[O-2].[O-2].[O-2].[O-2].[O-2].[O-2].[O-2].[O-2].[O-2].[O-2].[O-2].[O-2].[O-2].[OH3+].[OH3+]. The molecule has 0 atom stereocenters. The molecule has 0 aliphatic carbocycles. The fourth-order valence-corrected chi connectivity index (χ4v) is 1.19. The van der Waals surface area contributed by atoms with E-state index in [1.54, 1.807) is 13.8 Å². The third kappa shape index (κ3) is 410. The van der Waals surface area contributed by atoms with E-state index in [9.17, 15) is 0 Å². The Morgan fingerprint density at radius 2 is 0.429 bits per heavy atom. The molecule has 34 nitrogen and oxygen atoms in total. The van der Waals surface area contributed by atoms with Crippen LogP contribution in [0.3, 0.4) is 0 Å². The van der Waals surface area contributed by atoms with Gasteiger partial charge in [0.05, 0.1) is 11.4 Å². The van der Waals surface area contributed by atoms with E-state index in [0.29, 0.717) is 0 Å². The van der Waals surface area contributed by atoms with Crippen LogP contribution in [0.4, 0.5) is 0 Å². The maximum Gasteiger partial charge on any atom is 0.202 e. The second-order valence-corrected chi connectivity index (χ2v) is 4.15. The van der Waals surface area contributed by atoms with Crippen molar-refractivity contribution in [3.8, 4) is 0 Å². The average molecular weight is 1510 g/mol. The third-order valence-electron chi connectivity index (χ3n) is 1.78. The van der Waals surface area contributed by atoms with Crippen LogP contribution in [0.25, 0.3) is 0 Å². The molecule has 12 N–H and O–H groups in total. The van der Waals surface area contributed by atoms with Gasteiger partial charge in [-0.05, 0) is 27.7 Å². The predicted molar refractivity (Wildman–Crippen MR) is 107 cm³/mol. The summed E-state index contributed by atoms with van der Waals surface area (Å²) in [6.45, 7) is 11.9. The molecule has 0 saturated heterocycles. The minimum absolute atomic E-state index is 0. The molecular weight excluding hydrogens is 1470 g/mol. The summed E-state index contributed by atoms with van der Waals surface area (Å²) in [6.07, 6.45) is 0. The van der Waals surface area contributed by atoms with E-state index in [4.69, 9.17) is 10.2 Å². The zero-order chi connectivity index (χ0) is 16.0. The molecule has 0 aliphatic rings. The Hall–Kier alpha value is 2.73. The van der Waals surface area contributed by atoms with Gasteiger partial charge in [0.25, 0.3) is 0 Å². The Morgan fingerprint density at radius 1 is 0.339 bits per heavy atom. The molecule has 0 aliphatic heterocycles. The fourth-order valence-electron chi connectivity index (χ4n) is 1.19. The number of aryl methyl sites for hydroxylation is 4. The van der Waals surface area contributed by atoms with Crippen LogP contribution in [0.5, 0.6) is 0 Å². The second-order valence-electron chi connectivity index (χ2n) is 4.15. The van der Waals surface area contributed by atoms with Crippen molar-refractivity contribution in [1.29, 1.82) is 0 Å². The summed E-state index contributed by atoms with van der Waals surface area (Å²) in [5.41, 5.74) is 4.71. The first-order chi connectivity index (χ1) is 9.40. The number of hydrogen-bond acceptors (Lipinski definition) is 2. The molecule has 0 spiro atoms. The van der Waals surface area contributed by atoms with Crippen molar-refractivity contribution in [3.05, 3.63) is 34.9 Å². The van der Waals surface area contributed by atoms with E-state index >= 15 is 0 Å². The van der Waals surface area contributed by atoms with E-state index < -0.39 is 0 Å². The van der Waals surface area contributed by atoms with Crippen molar-refractivity contribution >= 4 is 0 Å². The van der Waals surface area contributed by atoms with E-state index in [-0.39, 0.29) is 335 Å². The van der Waals surface area contributed by atoms with Gasteiger partial charge in [0, 0.05) is 208 Å². The Kier molecular flexibility index (Phi) is 2930. The number of aromatic nitrogens is 4. The Morgan fingerprint density at radius 3 is 0.446 bits per heavy atom. The topological polar surface area (TPSA) is 907 Å². The van der Waals surface area contributed by atoms with Crippen molar-refractivity contribution < 1.29 is 342 Å². The number of hydrogen-bond donors (Lipinski definition) is 4. The number of rotatable bonds is 0. The molecule has 42 heteroatoms. The predicted octanol–water partition coefficient (Wildman–Crippen LogP) is -4.06. The first kappa shape index (κ1) is 456. The summed E-state index contributed by atoms with van der Waals surface area (Å²) in [5, 5.41) is 26.9. The van der Waals surface area contributed by atoms with Gasteiger partial charge in [-0.25, -0.2) is 0 Å². The minimum Gasteiger partial charge on any atom is -2.00 e. The summed E-state index contributed by atoms with van der Waals surface area (Å²) in [4.78, 5) is 0. The Bertz CT molecular complexity index is 421. The molecule has 0 saturated carbocycles. The van der Waals surface area contributed by atoms with Crippen LogP contribution in [-0.2, 0) is 322 Å². The van der Waals surface area contributed by atoms with Gasteiger partial charge in [-0.3, -0.25) is 0 Å². The van der Waals surface area contributed by atoms with Crippen LogP contribution in [0.15, 0.2) is 12.1 Å². The van der Waals surface area contributed by atoms with Crippen LogP contribution in [0.2, 0.25) is 0 Å². The molecule has 2 heterocycles. The van der Waals surface area contributed by atoms with Crippen molar-refractivity contribution in [2.45, 2.75) is 41.5 Å².